The van der Waals surface area contributed by atoms with Crippen molar-refractivity contribution in [3.63, 3.8) is 0 Å². The van der Waals surface area contributed by atoms with E-state index in [4.69, 9.17) is 0 Å². The van der Waals surface area contributed by atoms with E-state index in [9.17, 15) is 4.39 Å². The largest absolute Gasteiger partial charge is 0.384 e. The normalized spacial score (nSPS) is 14.2. The molecule has 44 heavy (non-hydrogen) atoms. The van der Waals surface area contributed by atoms with Gasteiger partial charge in [-0.2, -0.15) is 5.10 Å². The topological polar surface area (TPSA) is 110 Å². The summed E-state index contributed by atoms with van der Waals surface area (Å²) in [5.74, 6) is 0.393. The SMILES string of the molecule is CN(C)CCNc1cc(F)cc(-c2cncc3[nH]c(-c4[nH]nc5ncc(-c6cncc(CC7CCNCC7)c6)cc45)cc23)c1. The molecule has 1 fully saturated rings. The molecule has 0 bridgehead atoms. The Morgan fingerprint density at radius 2 is 1.73 bits per heavy atom. The first-order chi connectivity index (χ1) is 21.5. The molecule has 5 aromatic heterocycles. The van der Waals surface area contributed by atoms with Crippen molar-refractivity contribution in [3.8, 4) is 33.6 Å². The van der Waals surface area contributed by atoms with E-state index in [1.807, 2.05) is 38.8 Å². The van der Waals surface area contributed by atoms with Gasteiger partial charge in [0.05, 0.1) is 23.1 Å². The van der Waals surface area contributed by atoms with Crippen molar-refractivity contribution in [2.24, 2.45) is 5.92 Å². The predicted molar refractivity (Wildman–Crippen MR) is 174 cm³/mol. The first-order valence-electron chi connectivity index (χ1n) is 15.2. The molecule has 9 nitrogen and oxygen atoms in total. The molecule has 1 aliphatic rings. The second kappa shape index (κ2) is 12.1. The molecular formula is C34H36FN9. The lowest BCUT2D eigenvalue weighted by Gasteiger charge is -2.22. The van der Waals surface area contributed by atoms with Crippen LogP contribution in [0.1, 0.15) is 18.4 Å². The van der Waals surface area contributed by atoms with Gasteiger partial charge in [0.15, 0.2) is 5.65 Å². The van der Waals surface area contributed by atoms with E-state index in [1.54, 1.807) is 18.5 Å². The lowest BCUT2D eigenvalue weighted by atomic mass is 9.91. The third-order valence-corrected chi connectivity index (χ3v) is 8.43. The number of H-pyrrole nitrogens is 2. The third-order valence-electron chi connectivity index (χ3n) is 8.43. The number of aromatic amines is 2. The fourth-order valence-corrected chi connectivity index (χ4v) is 6.13. The predicted octanol–water partition coefficient (Wildman–Crippen LogP) is 5.88. The van der Waals surface area contributed by atoms with Crippen molar-refractivity contribution in [1.29, 1.82) is 0 Å². The lowest BCUT2D eigenvalue weighted by molar-refractivity contribution is 0.372. The van der Waals surface area contributed by atoms with E-state index < -0.39 is 0 Å². The smallest absolute Gasteiger partial charge is 0.181 e. The minimum absolute atomic E-state index is 0.296. The minimum Gasteiger partial charge on any atom is -0.384 e. The first kappa shape index (κ1) is 28.1. The Hall–Kier alpha value is -4.67. The molecule has 0 atom stereocenters. The summed E-state index contributed by atoms with van der Waals surface area (Å²) in [6, 6.07) is 11.5. The van der Waals surface area contributed by atoms with Crippen LogP contribution in [0, 0.1) is 11.7 Å². The maximum atomic E-state index is 14.7. The maximum absolute atomic E-state index is 14.7. The quantitative estimate of drug-likeness (QED) is 0.167. The summed E-state index contributed by atoms with van der Waals surface area (Å²) in [5.41, 5.74) is 8.82. The van der Waals surface area contributed by atoms with Crippen LogP contribution >= 0.6 is 0 Å². The van der Waals surface area contributed by atoms with Gasteiger partial charge >= 0.3 is 0 Å². The van der Waals surface area contributed by atoms with Crippen LogP contribution in [0.3, 0.4) is 0 Å². The van der Waals surface area contributed by atoms with Crippen LogP contribution in [0.15, 0.2) is 67.4 Å². The Labute approximate surface area is 255 Å². The van der Waals surface area contributed by atoms with Crippen molar-refractivity contribution in [2.45, 2.75) is 19.3 Å². The molecule has 0 unspecified atom stereocenters. The monoisotopic (exact) mass is 589 g/mol. The van der Waals surface area contributed by atoms with Crippen LogP contribution in [0.25, 0.3) is 55.6 Å². The third kappa shape index (κ3) is 5.91. The molecule has 6 aromatic rings. The number of fused-ring (bicyclic) bond motifs is 2. The van der Waals surface area contributed by atoms with E-state index in [-0.39, 0.29) is 5.82 Å². The second-order valence-corrected chi connectivity index (χ2v) is 12.0. The van der Waals surface area contributed by atoms with Gasteiger partial charge in [0.25, 0.3) is 0 Å². The maximum Gasteiger partial charge on any atom is 0.181 e. The van der Waals surface area contributed by atoms with Gasteiger partial charge in [-0.3, -0.25) is 15.1 Å². The number of nitrogens with one attached hydrogen (secondary N) is 4. The van der Waals surface area contributed by atoms with Gasteiger partial charge in [-0.25, -0.2) is 9.37 Å². The summed E-state index contributed by atoms with van der Waals surface area (Å²) in [4.78, 5) is 19.3. The molecule has 0 aliphatic carbocycles. The average molecular weight is 590 g/mol. The number of pyridine rings is 3. The van der Waals surface area contributed by atoms with Gasteiger partial charge in [-0.15, -0.1) is 0 Å². The minimum atomic E-state index is -0.296. The molecule has 10 heteroatoms. The van der Waals surface area contributed by atoms with Crippen molar-refractivity contribution in [1.82, 2.24) is 40.3 Å². The van der Waals surface area contributed by atoms with Crippen molar-refractivity contribution >= 4 is 27.6 Å². The van der Waals surface area contributed by atoms with E-state index in [1.165, 1.54) is 24.5 Å². The van der Waals surface area contributed by atoms with Gasteiger partial charge in [0.2, 0.25) is 0 Å². The highest BCUT2D eigenvalue weighted by Gasteiger charge is 2.17. The molecule has 6 heterocycles. The van der Waals surface area contributed by atoms with Crippen LogP contribution < -0.4 is 10.6 Å². The van der Waals surface area contributed by atoms with Crippen LogP contribution in [-0.2, 0) is 6.42 Å². The molecule has 1 saturated heterocycles. The average Bonchev–Trinajstić information content (AvgIpc) is 3.65. The fraction of sp³-hybridized carbons (Fsp3) is 0.294. The number of aromatic nitrogens is 6. The van der Waals surface area contributed by atoms with Crippen LogP contribution in [0.5, 0.6) is 0 Å². The van der Waals surface area contributed by atoms with Crippen molar-refractivity contribution < 1.29 is 4.39 Å². The number of rotatable bonds is 9. The number of hydrogen-bond donors (Lipinski definition) is 4. The first-order valence-corrected chi connectivity index (χ1v) is 15.2. The number of anilines is 1. The summed E-state index contributed by atoms with van der Waals surface area (Å²) in [6.07, 6.45) is 12.8. The summed E-state index contributed by atoms with van der Waals surface area (Å²) in [7, 11) is 4.03. The van der Waals surface area contributed by atoms with Crippen LogP contribution in [0.2, 0.25) is 0 Å². The van der Waals surface area contributed by atoms with E-state index in [2.05, 4.69) is 63.9 Å². The zero-order chi connectivity index (χ0) is 30.0. The van der Waals surface area contributed by atoms with Gasteiger partial charge in [-0.1, -0.05) is 0 Å². The molecule has 0 spiro atoms. The number of benzene rings is 1. The number of likely N-dealkylation sites (N-methyl/N-ethyl adjacent to an activating group) is 1. The Bertz CT molecular complexity index is 1920. The highest BCUT2D eigenvalue weighted by molar-refractivity contribution is 6.00. The summed E-state index contributed by atoms with van der Waals surface area (Å²) < 4.78 is 14.7. The Morgan fingerprint density at radius 3 is 2.59 bits per heavy atom. The lowest BCUT2D eigenvalue weighted by Crippen LogP contribution is -2.28. The number of nitrogens with zero attached hydrogens (tertiary/aromatic N) is 5. The molecule has 4 N–H and O–H groups in total. The molecule has 0 amide bonds. The van der Waals surface area contributed by atoms with E-state index >= 15 is 0 Å². The number of halogens is 1. The molecule has 7 rings (SSSR count). The summed E-state index contributed by atoms with van der Waals surface area (Å²) in [6.45, 7) is 3.74. The van der Waals surface area contributed by atoms with Gasteiger partial charge < -0.3 is 20.5 Å². The van der Waals surface area contributed by atoms with Crippen molar-refractivity contribution in [3.05, 3.63) is 78.8 Å². The highest BCUT2D eigenvalue weighted by atomic mass is 19.1. The van der Waals surface area contributed by atoms with Gasteiger partial charge in [0.1, 0.15) is 5.82 Å². The molecule has 1 aliphatic heterocycles. The summed E-state index contributed by atoms with van der Waals surface area (Å²) in [5, 5.41) is 16.3. The molecule has 224 valence electrons. The standard InChI is InChI=1S/C34H36FN9/c1-44(2)8-7-39-27-12-23(11-26(35)14-27)30-19-38-20-32-28(30)15-31(41-32)33-29-13-25(18-40-34(29)43-42-33)24-10-22(16-37-17-24)9-21-3-5-36-6-4-21/h10-21,36,39,41H,3-9H2,1-2H3,(H,40,42,43). The summed E-state index contributed by atoms with van der Waals surface area (Å²) >= 11 is 0. The van der Waals surface area contributed by atoms with Gasteiger partial charge in [-0.05, 0) is 99.9 Å². The molecule has 0 radical (unpaired) electrons. The van der Waals surface area contributed by atoms with Crippen LogP contribution in [0.4, 0.5) is 10.1 Å². The molecule has 0 saturated carbocycles. The fourth-order valence-electron chi connectivity index (χ4n) is 6.13. The highest BCUT2D eigenvalue weighted by Crippen LogP contribution is 2.35. The molecular weight excluding hydrogens is 553 g/mol. The number of hydrogen-bond acceptors (Lipinski definition) is 7. The Kier molecular flexibility index (Phi) is 7.76. The zero-order valence-electron chi connectivity index (χ0n) is 25.0. The van der Waals surface area contributed by atoms with Crippen LogP contribution in [-0.4, -0.2) is 75.3 Å². The number of piperidine rings is 1. The second-order valence-electron chi connectivity index (χ2n) is 12.0. The zero-order valence-corrected chi connectivity index (χ0v) is 25.0. The van der Waals surface area contributed by atoms with Gasteiger partial charge in [0, 0.05) is 71.0 Å². The Balaban J connectivity index is 1.21. The van der Waals surface area contributed by atoms with E-state index in [0.29, 0.717) is 18.1 Å². The Morgan fingerprint density at radius 1 is 0.886 bits per heavy atom. The van der Waals surface area contributed by atoms with E-state index in [0.717, 1.165) is 81.7 Å². The molecule has 1 aromatic carbocycles. The van der Waals surface area contributed by atoms with Crippen molar-refractivity contribution in [2.75, 3.05) is 45.6 Å².